The largest absolute Gasteiger partial charge is 0.370 e. The normalized spacial score (nSPS) is 15.8. The molecule has 2 aromatic rings. The summed E-state index contributed by atoms with van der Waals surface area (Å²) in [5, 5.41) is 2.79. The molecular formula is C19H24N4O. The number of amides is 1. The van der Waals surface area contributed by atoms with Crippen molar-refractivity contribution in [2.24, 2.45) is 5.73 Å². The first-order chi connectivity index (χ1) is 11.6. The highest BCUT2D eigenvalue weighted by Crippen LogP contribution is 2.20. The second-order valence-corrected chi connectivity index (χ2v) is 6.33. The van der Waals surface area contributed by atoms with Gasteiger partial charge in [0.05, 0.1) is 11.9 Å². The monoisotopic (exact) mass is 324 g/mol. The van der Waals surface area contributed by atoms with E-state index in [1.54, 1.807) is 0 Å². The van der Waals surface area contributed by atoms with E-state index in [1.165, 1.54) is 19.3 Å². The second kappa shape index (κ2) is 7.45. The van der Waals surface area contributed by atoms with Gasteiger partial charge in [-0.15, -0.1) is 0 Å². The van der Waals surface area contributed by atoms with Crippen LogP contribution in [0.25, 0.3) is 0 Å². The van der Waals surface area contributed by atoms with E-state index in [0.29, 0.717) is 5.82 Å². The third kappa shape index (κ3) is 3.92. The highest BCUT2D eigenvalue weighted by atomic mass is 16.2. The average molecular weight is 324 g/mol. The molecule has 0 radical (unpaired) electrons. The van der Waals surface area contributed by atoms with Gasteiger partial charge in [-0.05, 0) is 43.9 Å². The van der Waals surface area contributed by atoms with E-state index >= 15 is 0 Å². The summed E-state index contributed by atoms with van der Waals surface area (Å²) in [6, 6.07) is 10.8. The highest BCUT2D eigenvalue weighted by Gasteiger charge is 2.17. The fourth-order valence-corrected chi connectivity index (χ4v) is 2.93. The SMILES string of the molecule is Cc1ccc(C(N)C(=O)Nc2ccc(N3CCCCC3)cn2)cc1. The minimum absolute atomic E-state index is 0.253. The van der Waals surface area contributed by atoms with Crippen LogP contribution in [0.15, 0.2) is 42.6 Å². The minimum Gasteiger partial charge on any atom is -0.370 e. The first-order valence-electron chi connectivity index (χ1n) is 8.47. The Hall–Kier alpha value is -2.40. The van der Waals surface area contributed by atoms with Gasteiger partial charge in [-0.1, -0.05) is 29.8 Å². The number of hydrogen-bond donors (Lipinski definition) is 2. The Kier molecular flexibility index (Phi) is 5.11. The molecule has 3 rings (SSSR count). The number of carbonyl (C=O) groups excluding carboxylic acids is 1. The van der Waals surface area contributed by atoms with E-state index in [-0.39, 0.29) is 5.91 Å². The van der Waals surface area contributed by atoms with Gasteiger partial charge >= 0.3 is 0 Å². The zero-order valence-electron chi connectivity index (χ0n) is 14.0. The number of nitrogens with zero attached hydrogens (tertiary/aromatic N) is 2. The van der Waals surface area contributed by atoms with Gasteiger partial charge < -0.3 is 16.0 Å². The Balaban J connectivity index is 1.62. The number of anilines is 2. The fourth-order valence-electron chi connectivity index (χ4n) is 2.93. The molecule has 1 saturated heterocycles. The van der Waals surface area contributed by atoms with Gasteiger partial charge in [0.2, 0.25) is 5.91 Å². The number of nitrogens with one attached hydrogen (secondary N) is 1. The molecule has 5 heteroatoms. The Morgan fingerprint density at radius 1 is 1.12 bits per heavy atom. The molecule has 1 aliphatic rings. The minimum atomic E-state index is -0.700. The van der Waals surface area contributed by atoms with E-state index in [4.69, 9.17) is 5.73 Å². The Morgan fingerprint density at radius 3 is 2.46 bits per heavy atom. The zero-order valence-corrected chi connectivity index (χ0v) is 14.0. The predicted molar refractivity (Wildman–Crippen MR) is 97.0 cm³/mol. The van der Waals surface area contributed by atoms with Crippen molar-refractivity contribution in [2.75, 3.05) is 23.3 Å². The predicted octanol–water partition coefficient (Wildman–Crippen LogP) is 3.02. The molecule has 24 heavy (non-hydrogen) atoms. The molecule has 1 aliphatic heterocycles. The van der Waals surface area contributed by atoms with Crippen LogP contribution in [0, 0.1) is 6.92 Å². The van der Waals surface area contributed by atoms with Gasteiger partial charge in [0.25, 0.3) is 0 Å². The molecule has 0 bridgehead atoms. The van der Waals surface area contributed by atoms with Gasteiger partial charge in [0.1, 0.15) is 11.9 Å². The topological polar surface area (TPSA) is 71.2 Å². The Labute approximate surface area is 142 Å². The molecule has 5 nitrogen and oxygen atoms in total. The van der Waals surface area contributed by atoms with Gasteiger partial charge in [0, 0.05) is 13.1 Å². The van der Waals surface area contributed by atoms with Crippen LogP contribution in [0.2, 0.25) is 0 Å². The van der Waals surface area contributed by atoms with E-state index in [9.17, 15) is 4.79 Å². The molecule has 1 aromatic carbocycles. The van der Waals surface area contributed by atoms with Crippen LogP contribution in [0.5, 0.6) is 0 Å². The Bertz CT molecular complexity index is 676. The summed E-state index contributed by atoms with van der Waals surface area (Å²) in [5.74, 6) is 0.278. The van der Waals surface area contributed by atoms with Gasteiger partial charge in [-0.25, -0.2) is 4.98 Å². The van der Waals surface area contributed by atoms with Crippen molar-refractivity contribution < 1.29 is 4.79 Å². The number of aromatic nitrogens is 1. The van der Waals surface area contributed by atoms with Crippen molar-refractivity contribution in [3.05, 3.63) is 53.7 Å². The van der Waals surface area contributed by atoms with Crippen molar-refractivity contribution in [1.82, 2.24) is 4.98 Å². The first kappa shape index (κ1) is 16.5. The van der Waals surface area contributed by atoms with Crippen molar-refractivity contribution >= 4 is 17.4 Å². The lowest BCUT2D eigenvalue weighted by Crippen LogP contribution is -2.30. The first-order valence-corrected chi connectivity index (χ1v) is 8.47. The molecular weight excluding hydrogens is 300 g/mol. The quantitative estimate of drug-likeness (QED) is 0.907. The van der Waals surface area contributed by atoms with E-state index in [2.05, 4.69) is 15.2 Å². The van der Waals surface area contributed by atoms with Crippen LogP contribution in [0.4, 0.5) is 11.5 Å². The van der Waals surface area contributed by atoms with Gasteiger partial charge in [-0.3, -0.25) is 4.79 Å². The van der Waals surface area contributed by atoms with Crippen molar-refractivity contribution in [3.63, 3.8) is 0 Å². The summed E-state index contributed by atoms with van der Waals surface area (Å²) < 4.78 is 0. The Morgan fingerprint density at radius 2 is 1.83 bits per heavy atom. The van der Waals surface area contributed by atoms with Crippen LogP contribution in [0.3, 0.4) is 0 Å². The molecule has 1 unspecified atom stereocenters. The number of aryl methyl sites for hydroxylation is 1. The molecule has 126 valence electrons. The maximum absolute atomic E-state index is 12.3. The number of pyridine rings is 1. The summed E-state index contributed by atoms with van der Waals surface area (Å²) in [6.45, 7) is 4.15. The highest BCUT2D eigenvalue weighted by molar-refractivity contribution is 5.94. The zero-order chi connectivity index (χ0) is 16.9. The summed E-state index contributed by atoms with van der Waals surface area (Å²) in [7, 11) is 0. The smallest absolute Gasteiger partial charge is 0.247 e. The molecule has 2 heterocycles. The maximum Gasteiger partial charge on any atom is 0.247 e. The van der Waals surface area contributed by atoms with E-state index in [1.807, 2.05) is 49.5 Å². The lowest BCUT2D eigenvalue weighted by atomic mass is 10.1. The van der Waals surface area contributed by atoms with Gasteiger partial charge in [-0.2, -0.15) is 0 Å². The van der Waals surface area contributed by atoms with E-state index in [0.717, 1.165) is 29.9 Å². The molecule has 3 N–H and O–H groups in total. The third-order valence-corrected chi connectivity index (χ3v) is 4.44. The number of nitrogens with two attached hydrogens (primary N) is 1. The second-order valence-electron chi connectivity index (χ2n) is 6.33. The van der Waals surface area contributed by atoms with Crippen LogP contribution < -0.4 is 16.0 Å². The van der Waals surface area contributed by atoms with Crippen molar-refractivity contribution in [1.29, 1.82) is 0 Å². The van der Waals surface area contributed by atoms with Crippen molar-refractivity contribution in [2.45, 2.75) is 32.2 Å². The van der Waals surface area contributed by atoms with Crippen LogP contribution in [-0.4, -0.2) is 24.0 Å². The molecule has 1 amide bonds. The van der Waals surface area contributed by atoms with Crippen LogP contribution >= 0.6 is 0 Å². The molecule has 0 aliphatic carbocycles. The lowest BCUT2D eigenvalue weighted by Gasteiger charge is -2.28. The van der Waals surface area contributed by atoms with E-state index < -0.39 is 6.04 Å². The number of piperidine rings is 1. The number of benzene rings is 1. The van der Waals surface area contributed by atoms with Crippen LogP contribution in [0.1, 0.15) is 36.4 Å². The average Bonchev–Trinajstić information content (AvgIpc) is 2.63. The lowest BCUT2D eigenvalue weighted by molar-refractivity contribution is -0.117. The molecule has 1 aromatic heterocycles. The third-order valence-electron chi connectivity index (χ3n) is 4.44. The number of hydrogen-bond acceptors (Lipinski definition) is 4. The van der Waals surface area contributed by atoms with Gasteiger partial charge in [0.15, 0.2) is 0 Å². The molecule has 0 saturated carbocycles. The van der Waals surface area contributed by atoms with Crippen molar-refractivity contribution in [3.8, 4) is 0 Å². The number of carbonyl (C=O) groups is 1. The standard InChI is InChI=1S/C19H24N4O/c1-14-5-7-15(8-6-14)18(20)19(24)22-17-10-9-16(13-21-17)23-11-3-2-4-12-23/h5-10,13,18H,2-4,11-12,20H2,1H3,(H,21,22,24). The fraction of sp³-hybridized carbons (Fsp3) is 0.368. The summed E-state index contributed by atoms with van der Waals surface area (Å²) in [6.07, 6.45) is 5.57. The molecule has 0 spiro atoms. The number of rotatable bonds is 4. The molecule has 1 atom stereocenters. The summed E-state index contributed by atoms with van der Waals surface area (Å²) in [4.78, 5) is 19.0. The molecule has 1 fully saturated rings. The summed E-state index contributed by atoms with van der Waals surface area (Å²) in [5.41, 5.74) is 9.08. The maximum atomic E-state index is 12.3. The summed E-state index contributed by atoms with van der Waals surface area (Å²) >= 11 is 0. The van der Waals surface area contributed by atoms with Crippen LogP contribution in [-0.2, 0) is 4.79 Å².